The van der Waals surface area contributed by atoms with E-state index in [-0.39, 0.29) is 23.9 Å². The van der Waals surface area contributed by atoms with Crippen molar-refractivity contribution in [2.24, 2.45) is 0 Å². The van der Waals surface area contributed by atoms with E-state index in [1.165, 1.54) is 10.5 Å². The molecule has 29 heavy (non-hydrogen) atoms. The molecule has 2 aromatic carbocycles. The van der Waals surface area contributed by atoms with Gasteiger partial charge in [-0.15, -0.1) is 0 Å². The Labute approximate surface area is 177 Å². The maximum Gasteiger partial charge on any atom is 0.257 e. The molecule has 150 valence electrons. The van der Waals surface area contributed by atoms with Gasteiger partial charge in [-0.2, -0.15) is 9.40 Å². The Balaban J connectivity index is 1.47. The number of carbonyl (C=O) groups excluding carboxylic acids is 1. The molecule has 1 amide bonds. The van der Waals surface area contributed by atoms with Crippen LogP contribution in [0.4, 0.5) is 0 Å². The van der Waals surface area contributed by atoms with Crippen molar-refractivity contribution >= 4 is 31.9 Å². The van der Waals surface area contributed by atoms with Crippen LogP contribution < -0.4 is 0 Å². The number of rotatable bonds is 4. The molecule has 0 radical (unpaired) electrons. The molecule has 9 heteroatoms. The number of aromatic nitrogens is 2. The average molecular weight is 475 g/mol. The lowest BCUT2D eigenvalue weighted by molar-refractivity contribution is 0.0698. The molecule has 0 spiro atoms. The van der Waals surface area contributed by atoms with Crippen molar-refractivity contribution in [1.29, 1.82) is 0 Å². The summed E-state index contributed by atoms with van der Waals surface area (Å²) in [5.74, 6) is -0.154. The third kappa shape index (κ3) is 3.98. The number of hydrogen-bond donors (Lipinski definition) is 1. The molecule has 0 saturated carbocycles. The average Bonchev–Trinajstić information content (AvgIpc) is 3.24. The summed E-state index contributed by atoms with van der Waals surface area (Å²) in [6.07, 6.45) is 1.52. The second kappa shape index (κ2) is 8.10. The first-order valence-electron chi connectivity index (χ1n) is 9.10. The molecular weight excluding hydrogens is 456 g/mol. The van der Waals surface area contributed by atoms with Crippen molar-refractivity contribution in [3.05, 3.63) is 70.8 Å². The number of nitrogens with zero attached hydrogens (tertiary/aromatic N) is 3. The molecule has 1 aliphatic heterocycles. The van der Waals surface area contributed by atoms with Crippen molar-refractivity contribution in [1.82, 2.24) is 19.4 Å². The summed E-state index contributed by atoms with van der Waals surface area (Å²) in [5, 5.41) is 6.93. The smallest absolute Gasteiger partial charge is 0.257 e. The zero-order chi connectivity index (χ0) is 20.4. The van der Waals surface area contributed by atoms with Gasteiger partial charge in [0.05, 0.1) is 22.3 Å². The van der Waals surface area contributed by atoms with Crippen molar-refractivity contribution < 1.29 is 13.2 Å². The molecule has 0 atom stereocenters. The standard InChI is InChI=1S/C20H19BrN4O3S/c21-16-6-8-17(9-7-16)29(27,28)25-12-10-24(11-13-25)20(26)18-14-22-23-19(18)15-4-2-1-3-5-15/h1-9,14H,10-13H2,(H,22,23). The molecular formula is C20H19BrN4O3S. The highest BCUT2D eigenvalue weighted by Gasteiger charge is 2.31. The van der Waals surface area contributed by atoms with Gasteiger partial charge in [-0.1, -0.05) is 46.3 Å². The molecule has 3 aromatic rings. The van der Waals surface area contributed by atoms with E-state index >= 15 is 0 Å². The number of amides is 1. The van der Waals surface area contributed by atoms with E-state index in [0.717, 1.165) is 10.0 Å². The second-order valence-corrected chi connectivity index (χ2v) is 9.53. The van der Waals surface area contributed by atoms with Gasteiger partial charge < -0.3 is 4.90 Å². The lowest BCUT2D eigenvalue weighted by Gasteiger charge is -2.34. The van der Waals surface area contributed by atoms with E-state index in [1.54, 1.807) is 29.2 Å². The minimum absolute atomic E-state index is 0.154. The van der Waals surface area contributed by atoms with Crippen LogP contribution >= 0.6 is 15.9 Å². The lowest BCUT2D eigenvalue weighted by atomic mass is 10.1. The van der Waals surface area contributed by atoms with Crippen LogP contribution in [-0.4, -0.2) is 59.9 Å². The Kier molecular flexibility index (Phi) is 5.53. The Hall–Kier alpha value is -2.49. The summed E-state index contributed by atoms with van der Waals surface area (Å²) in [5.41, 5.74) is 2.03. The number of nitrogens with one attached hydrogen (secondary N) is 1. The van der Waals surface area contributed by atoms with Crippen LogP contribution in [0.3, 0.4) is 0 Å². The molecule has 7 nitrogen and oxygen atoms in total. The Morgan fingerprint density at radius 3 is 2.28 bits per heavy atom. The number of H-pyrrole nitrogens is 1. The van der Waals surface area contributed by atoms with Gasteiger partial charge in [0.2, 0.25) is 10.0 Å². The van der Waals surface area contributed by atoms with Crippen molar-refractivity contribution in [2.75, 3.05) is 26.2 Å². The summed E-state index contributed by atoms with van der Waals surface area (Å²) >= 11 is 3.31. The first-order chi connectivity index (χ1) is 14.0. The Bertz CT molecular complexity index is 1110. The topological polar surface area (TPSA) is 86.4 Å². The molecule has 2 heterocycles. The second-order valence-electron chi connectivity index (χ2n) is 6.67. The number of benzene rings is 2. The summed E-state index contributed by atoms with van der Waals surface area (Å²) < 4.78 is 27.9. The molecule has 1 saturated heterocycles. The normalized spacial score (nSPS) is 15.4. The Morgan fingerprint density at radius 2 is 1.62 bits per heavy atom. The van der Waals surface area contributed by atoms with Crippen LogP contribution in [0.25, 0.3) is 11.3 Å². The lowest BCUT2D eigenvalue weighted by Crippen LogP contribution is -2.50. The molecule has 4 rings (SSSR count). The van der Waals surface area contributed by atoms with Gasteiger partial charge in [-0.25, -0.2) is 8.42 Å². The predicted molar refractivity (Wildman–Crippen MR) is 113 cm³/mol. The largest absolute Gasteiger partial charge is 0.336 e. The van der Waals surface area contributed by atoms with Crippen molar-refractivity contribution in [3.63, 3.8) is 0 Å². The maximum atomic E-state index is 13.0. The fourth-order valence-electron chi connectivity index (χ4n) is 3.33. The molecule has 1 aliphatic rings. The number of carbonyl (C=O) groups is 1. The van der Waals surface area contributed by atoms with Gasteiger partial charge in [0, 0.05) is 36.2 Å². The van der Waals surface area contributed by atoms with Crippen molar-refractivity contribution in [3.8, 4) is 11.3 Å². The van der Waals surface area contributed by atoms with Crippen LogP contribution in [0, 0.1) is 0 Å². The number of halogens is 1. The minimum atomic E-state index is -3.58. The van der Waals surface area contributed by atoms with E-state index in [9.17, 15) is 13.2 Å². The first kappa shape index (κ1) is 19.8. The predicted octanol–water partition coefficient (Wildman–Crippen LogP) is 2.99. The van der Waals surface area contributed by atoms with Crippen LogP contribution in [-0.2, 0) is 10.0 Å². The molecule has 0 unspecified atom stereocenters. The van der Waals surface area contributed by atoms with E-state index in [2.05, 4.69) is 26.1 Å². The zero-order valence-corrected chi connectivity index (χ0v) is 17.9. The minimum Gasteiger partial charge on any atom is -0.336 e. The van der Waals surface area contributed by atoms with Crippen molar-refractivity contribution in [2.45, 2.75) is 4.90 Å². The fraction of sp³-hybridized carbons (Fsp3) is 0.200. The van der Waals surface area contributed by atoms with Gasteiger partial charge in [-0.05, 0) is 24.3 Å². The number of hydrogen-bond acceptors (Lipinski definition) is 4. The van der Waals surface area contributed by atoms with Gasteiger partial charge in [0.25, 0.3) is 5.91 Å². The summed E-state index contributed by atoms with van der Waals surface area (Å²) in [4.78, 5) is 14.9. The zero-order valence-electron chi connectivity index (χ0n) is 15.5. The summed E-state index contributed by atoms with van der Waals surface area (Å²) in [6, 6.07) is 16.1. The number of piperazine rings is 1. The monoisotopic (exact) mass is 474 g/mol. The molecule has 1 N–H and O–H groups in total. The van der Waals surface area contributed by atoms with E-state index in [0.29, 0.717) is 24.3 Å². The van der Waals surface area contributed by atoms with Crippen LogP contribution in [0.1, 0.15) is 10.4 Å². The molecule has 0 bridgehead atoms. The highest BCUT2D eigenvalue weighted by molar-refractivity contribution is 9.10. The fourth-order valence-corrected chi connectivity index (χ4v) is 5.02. The third-order valence-electron chi connectivity index (χ3n) is 4.91. The van der Waals surface area contributed by atoms with Crippen LogP contribution in [0.2, 0.25) is 0 Å². The first-order valence-corrected chi connectivity index (χ1v) is 11.3. The molecule has 1 aromatic heterocycles. The quantitative estimate of drug-likeness (QED) is 0.629. The Morgan fingerprint density at radius 1 is 0.966 bits per heavy atom. The summed E-state index contributed by atoms with van der Waals surface area (Å²) in [6.45, 7) is 1.16. The van der Waals surface area contributed by atoms with E-state index < -0.39 is 10.0 Å². The van der Waals surface area contributed by atoms with Crippen LogP contribution in [0.5, 0.6) is 0 Å². The maximum absolute atomic E-state index is 13.0. The highest BCUT2D eigenvalue weighted by Crippen LogP contribution is 2.24. The SMILES string of the molecule is O=C(c1cn[nH]c1-c1ccccc1)N1CCN(S(=O)(=O)c2ccc(Br)cc2)CC1. The van der Waals surface area contributed by atoms with Gasteiger partial charge in [-0.3, -0.25) is 9.89 Å². The highest BCUT2D eigenvalue weighted by atomic mass is 79.9. The van der Waals surface area contributed by atoms with E-state index in [4.69, 9.17) is 0 Å². The van der Waals surface area contributed by atoms with Gasteiger partial charge in [0.15, 0.2) is 0 Å². The summed E-state index contributed by atoms with van der Waals surface area (Å²) in [7, 11) is -3.58. The number of aromatic amines is 1. The molecule has 0 aliphatic carbocycles. The van der Waals surface area contributed by atoms with Crippen LogP contribution in [0.15, 0.2) is 70.2 Å². The van der Waals surface area contributed by atoms with Gasteiger partial charge >= 0.3 is 0 Å². The van der Waals surface area contributed by atoms with E-state index in [1.807, 2.05) is 30.3 Å². The molecule has 1 fully saturated rings. The number of sulfonamides is 1. The third-order valence-corrected chi connectivity index (χ3v) is 7.35. The van der Waals surface area contributed by atoms with Gasteiger partial charge in [0.1, 0.15) is 0 Å².